The van der Waals surface area contributed by atoms with E-state index in [-0.39, 0.29) is 6.42 Å². The summed E-state index contributed by atoms with van der Waals surface area (Å²) in [7, 11) is 0. The highest BCUT2D eigenvalue weighted by Gasteiger charge is 2.03. The Morgan fingerprint density at radius 3 is 1.40 bits per heavy atom. The molecule has 30 heavy (non-hydrogen) atoms. The Morgan fingerprint density at radius 2 is 1.00 bits per heavy atom. The third-order valence-corrected chi connectivity index (χ3v) is 5.01. The van der Waals surface area contributed by atoms with Crippen molar-refractivity contribution in [2.75, 3.05) is 0 Å². The number of hydrogen-bond acceptors (Lipinski definition) is 3. The maximum absolute atomic E-state index is 10.7. The second-order valence-corrected chi connectivity index (χ2v) is 7.91. The fourth-order valence-corrected chi connectivity index (χ4v) is 3.39. The van der Waals surface area contributed by atoms with Gasteiger partial charge < -0.3 is 15.3 Å². The van der Waals surface area contributed by atoms with E-state index in [2.05, 4.69) is 0 Å². The molecule has 0 aliphatic rings. The lowest BCUT2D eigenvalue weighted by Gasteiger charge is -2.03. The SMILES string of the molecule is O=C(O)/C=C(\C=C\CCCCCCCCCCCCCCCCC(=O)O)CC(=O)O. The van der Waals surface area contributed by atoms with Crippen molar-refractivity contribution in [2.24, 2.45) is 0 Å². The van der Waals surface area contributed by atoms with Crippen LogP contribution in [0.2, 0.25) is 0 Å². The predicted octanol–water partition coefficient (Wildman–Crippen LogP) is 6.35. The molecular formula is C24H40O6. The number of carboxylic acids is 3. The van der Waals surface area contributed by atoms with Crippen LogP contribution < -0.4 is 0 Å². The lowest BCUT2D eigenvalue weighted by atomic mass is 10.0. The van der Waals surface area contributed by atoms with E-state index in [0.717, 1.165) is 44.6 Å². The van der Waals surface area contributed by atoms with Crippen molar-refractivity contribution < 1.29 is 29.7 Å². The lowest BCUT2D eigenvalue weighted by Crippen LogP contribution is -1.98. The summed E-state index contributed by atoms with van der Waals surface area (Å²) < 4.78 is 0. The highest BCUT2D eigenvalue weighted by molar-refractivity contribution is 5.83. The molecule has 0 saturated heterocycles. The van der Waals surface area contributed by atoms with Gasteiger partial charge in [0.1, 0.15) is 0 Å². The van der Waals surface area contributed by atoms with E-state index in [1.54, 1.807) is 6.08 Å². The molecule has 0 fully saturated rings. The normalized spacial score (nSPS) is 11.8. The molecule has 3 N–H and O–H groups in total. The summed E-state index contributed by atoms with van der Waals surface area (Å²) in [6, 6.07) is 0. The summed E-state index contributed by atoms with van der Waals surface area (Å²) in [5, 5.41) is 26.1. The molecule has 0 amide bonds. The molecule has 0 bridgehead atoms. The summed E-state index contributed by atoms with van der Waals surface area (Å²) in [5.41, 5.74) is 0.313. The van der Waals surface area contributed by atoms with Crippen LogP contribution in [0.15, 0.2) is 23.8 Å². The van der Waals surface area contributed by atoms with Crippen LogP contribution in [0, 0.1) is 0 Å². The summed E-state index contributed by atoms with van der Waals surface area (Å²) in [5.74, 6) is -2.84. The predicted molar refractivity (Wildman–Crippen MR) is 119 cm³/mol. The van der Waals surface area contributed by atoms with Crippen LogP contribution >= 0.6 is 0 Å². The Hall–Kier alpha value is -2.11. The smallest absolute Gasteiger partial charge is 0.328 e. The van der Waals surface area contributed by atoms with Crippen LogP contribution in [0.3, 0.4) is 0 Å². The number of carboxylic acid groups (broad SMARTS) is 3. The molecule has 0 saturated carbocycles. The number of carbonyl (C=O) groups is 3. The number of rotatable bonds is 21. The molecule has 0 aromatic rings. The minimum absolute atomic E-state index is 0.268. The molecular weight excluding hydrogens is 384 g/mol. The second-order valence-electron chi connectivity index (χ2n) is 7.91. The molecule has 6 heteroatoms. The molecule has 0 heterocycles. The zero-order valence-corrected chi connectivity index (χ0v) is 18.3. The van der Waals surface area contributed by atoms with Gasteiger partial charge in [0.2, 0.25) is 0 Å². The van der Waals surface area contributed by atoms with Gasteiger partial charge in [-0.1, -0.05) is 89.2 Å². The van der Waals surface area contributed by atoms with Crippen LogP contribution in [-0.2, 0) is 14.4 Å². The third-order valence-electron chi connectivity index (χ3n) is 5.01. The summed E-state index contributed by atoms with van der Waals surface area (Å²) in [4.78, 5) is 31.8. The monoisotopic (exact) mass is 424 g/mol. The Bertz CT molecular complexity index is 536. The Balaban J connectivity index is 3.43. The first-order chi connectivity index (χ1) is 14.4. The van der Waals surface area contributed by atoms with Gasteiger partial charge >= 0.3 is 17.9 Å². The van der Waals surface area contributed by atoms with Gasteiger partial charge in [0.15, 0.2) is 0 Å². The molecule has 0 rings (SSSR count). The molecule has 172 valence electrons. The van der Waals surface area contributed by atoms with E-state index in [1.807, 2.05) is 6.08 Å². The van der Waals surface area contributed by atoms with Crippen molar-refractivity contribution >= 4 is 17.9 Å². The van der Waals surface area contributed by atoms with Crippen LogP contribution in [-0.4, -0.2) is 33.2 Å². The molecule has 0 aliphatic heterocycles. The van der Waals surface area contributed by atoms with Crippen LogP contribution in [0.5, 0.6) is 0 Å². The van der Waals surface area contributed by atoms with Crippen LogP contribution in [0.25, 0.3) is 0 Å². The zero-order chi connectivity index (χ0) is 22.5. The van der Waals surface area contributed by atoms with Gasteiger partial charge in [-0.25, -0.2) is 4.79 Å². The van der Waals surface area contributed by atoms with Crippen molar-refractivity contribution in [1.29, 1.82) is 0 Å². The van der Waals surface area contributed by atoms with Gasteiger partial charge in [-0.15, -0.1) is 0 Å². The average molecular weight is 425 g/mol. The largest absolute Gasteiger partial charge is 0.481 e. The average Bonchev–Trinajstić information content (AvgIpc) is 2.65. The number of hydrogen-bond donors (Lipinski definition) is 3. The standard InChI is InChI=1S/C24H40O6/c25-22(26)18-16-14-12-10-8-6-4-2-1-3-5-7-9-11-13-15-17-21(19-23(27)28)20-24(29)30/h15,17,19H,1-14,16,18,20H2,(H,25,26)(H,27,28)(H,29,30)/b17-15+,21-19+. The minimum Gasteiger partial charge on any atom is -0.481 e. The molecule has 0 spiro atoms. The molecule has 0 radical (unpaired) electrons. The first-order valence-electron chi connectivity index (χ1n) is 11.5. The fraction of sp³-hybridized carbons (Fsp3) is 0.708. The summed E-state index contributed by atoms with van der Waals surface area (Å²) >= 11 is 0. The molecule has 0 aromatic carbocycles. The van der Waals surface area contributed by atoms with Crippen LogP contribution in [0.1, 0.15) is 109 Å². The Labute approximate surface area is 181 Å². The van der Waals surface area contributed by atoms with Gasteiger partial charge in [-0.2, -0.15) is 0 Å². The number of unbranched alkanes of at least 4 members (excludes halogenated alkanes) is 14. The first kappa shape index (κ1) is 27.9. The van der Waals surface area contributed by atoms with Crippen molar-refractivity contribution in [3.05, 3.63) is 23.8 Å². The van der Waals surface area contributed by atoms with Crippen molar-refractivity contribution in [2.45, 2.75) is 109 Å². The van der Waals surface area contributed by atoms with Gasteiger partial charge in [0.25, 0.3) is 0 Å². The van der Waals surface area contributed by atoms with Crippen molar-refractivity contribution in [1.82, 2.24) is 0 Å². The molecule has 0 aromatic heterocycles. The fourth-order valence-electron chi connectivity index (χ4n) is 3.39. The van der Waals surface area contributed by atoms with E-state index < -0.39 is 17.9 Å². The van der Waals surface area contributed by atoms with E-state index in [1.165, 1.54) is 57.8 Å². The van der Waals surface area contributed by atoms with Gasteiger partial charge in [-0.3, -0.25) is 9.59 Å². The van der Waals surface area contributed by atoms with E-state index >= 15 is 0 Å². The van der Waals surface area contributed by atoms with E-state index in [9.17, 15) is 14.4 Å². The van der Waals surface area contributed by atoms with Gasteiger partial charge in [-0.05, 0) is 24.8 Å². The first-order valence-corrected chi connectivity index (χ1v) is 11.5. The van der Waals surface area contributed by atoms with Crippen molar-refractivity contribution in [3.8, 4) is 0 Å². The van der Waals surface area contributed by atoms with Gasteiger partial charge in [0, 0.05) is 12.5 Å². The third kappa shape index (κ3) is 22.2. The van der Waals surface area contributed by atoms with Gasteiger partial charge in [0.05, 0.1) is 6.42 Å². The maximum Gasteiger partial charge on any atom is 0.328 e. The molecule has 0 atom stereocenters. The molecule has 6 nitrogen and oxygen atoms in total. The van der Waals surface area contributed by atoms with E-state index in [0.29, 0.717) is 12.0 Å². The number of allylic oxidation sites excluding steroid dienone is 2. The molecule has 0 aliphatic carbocycles. The summed E-state index contributed by atoms with van der Waals surface area (Å²) in [6.45, 7) is 0. The second kappa shape index (κ2) is 20.2. The zero-order valence-electron chi connectivity index (χ0n) is 18.3. The maximum atomic E-state index is 10.7. The number of aliphatic carboxylic acids is 3. The Morgan fingerprint density at radius 1 is 0.567 bits per heavy atom. The topological polar surface area (TPSA) is 112 Å². The quantitative estimate of drug-likeness (QED) is 0.112. The Kier molecular flexibility index (Phi) is 18.8. The molecule has 0 unspecified atom stereocenters. The van der Waals surface area contributed by atoms with E-state index in [4.69, 9.17) is 15.3 Å². The highest BCUT2D eigenvalue weighted by atomic mass is 16.4. The summed E-state index contributed by atoms with van der Waals surface area (Å²) in [6.07, 6.45) is 21.8. The highest BCUT2D eigenvalue weighted by Crippen LogP contribution is 2.14. The van der Waals surface area contributed by atoms with Crippen LogP contribution in [0.4, 0.5) is 0 Å². The minimum atomic E-state index is -1.12. The van der Waals surface area contributed by atoms with Crippen molar-refractivity contribution in [3.63, 3.8) is 0 Å². The lowest BCUT2D eigenvalue weighted by molar-refractivity contribution is -0.137.